The van der Waals surface area contributed by atoms with Gasteiger partial charge in [-0.1, -0.05) is 53.7 Å². The second kappa shape index (κ2) is 17.0. The number of benzene rings is 4. The number of carbonyl (C=O) groups excluding carboxylic acids is 3. The van der Waals surface area contributed by atoms with Crippen molar-refractivity contribution >= 4 is 29.3 Å². The zero-order chi connectivity index (χ0) is 38.1. The molecule has 4 aromatic carbocycles. The Morgan fingerprint density at radius 3 is 2.00 bits per heavy atom. The standard InChI is InChI=1S/C39H42F2N4O7/c1-25(44-50)29-18-30(20-33(19-29)42-35(47)28-14-10-7-11-15-28)36(48)43-39(51-5,22-27-16-31(40)21-32(41)17-27)34(46)24-45(37(49)52-38(2,3)4)23-26-12-8-6-9-13-26/h6-21,34,46,50H,22-24H2,1-5H3,(H,42,47)(H,43,48)/b44-25+/t34-,39+/m1/s1. The van der Waals surface area contributed by atoms with Gasteiger partial charge in [0.25, 0.3) is 11.8 Å². The van der Waals surface area contributed by atoms with Gasteiger partial charge in [0.15, 0.2) is 5.72 Å². The molecule has 4 N–H and O–H groups in total. The summed E-state index contributed by atoms with van der Waals surface area (Å²) in [6.07, 6.45) is -2.94. The molecule has 0 aliphatic rings. The molecule has 4 aromatic rings. The largest absolute Gasteiger partial charge is 0.444 e. The van der Waals surface area contributed by atoms with Gasteiger partial charge in [0.1, 0.15) is 23.3 Å². The van der Waals surface area contributed by atoms with Gasteiger partial charge in [0, 0.05) is 48.5 Å². The first kappa shape index (κ1) is 39.1. The quantitative estimate of drug-likeness (QED) is 0.0532. The number of anilines is 1. The molecule has 274 valence electrons. The van der Waals surface area contributed by atoms with E-state index in [1.165, 1.54) is 37.1 Å². The Labute approximate surface area is 300 Å². The van der Waals surface area contributed by atoms with Crippen LogP contribution in [0.1, 0.15) is 65.1 Å². The maximum absolute atomic E-state index is 14.4. The topological polar surface area (TPSA) is 150 Å². The van der Waals surface area contributed by atoms with Crippen LogP contribution in [0.4, 0.5) is 19.3 Å². The number of hydrogen-bond acceptors (Lipinski definition) is 8. The number of hydrogen-bond donors (Lipinski definition) is 4. The molecule has 2 atom stereocenters. The molecule has 0 aliphatic carbocycles. The molecule has 0 radical (unpaired) electrons. The SMILES string of the molecule is CO[C@](Cc1cc(F)cc(F)c1)(NC(=O)c1cc(NC(=O)c2ccccc2)cc(/C(C)=N/O)c1)[C@H](O)CN(Cc1ccccc1)C(=O)OC(C)(C)C. The van der Waals surface area contributed by atoms with Crippen molar-refractivity contribution in [2.24, 2.45) is 5.16 Å². The number of carbonyl (C=O) groups is 3. The fourth-order valence-corrected chi connectivity index (χ4v) is 5.37. The van der Waals surface area contributed by atoms with Crippen LogP contribution >= 0.6 is 0 Å². The number of aliphatic hydroxyl groups is 1. The summed E-state index contributed by atoms with van der Waals surface area (Å²) < 4.78 is 40.3. The number of methoxy groups -OCH3 is 1. The van der Waals surface area contributed by atoms with E-state index in [9.17, 15) is 33.5 Å². The van der Waals surface area contributed by atoms with Gasteiger partial charge in [-0.15, -0.1) is 0 Å². The van der Waals surface area contributed by atoms with E-state index >= 15 is 0 Å². The number of nitrogens with one attached hydrogen (secondary N) is 2. The van der Waals surface area contributed by atoms with Crippen LogP contribution in [0.25, 0.3) is 0 Å². The van der Waals surface area contributed by atoms with Crippen molar-refractivity contribution in [1.29, 1.82) is 0 Å². The lowest BCUT2D eigenvalue weighted by Crippen LogP contribution is -2.62. The molecule has 11 nitrogen and oxygen atoms in total. The molecule has 0 fully saturated rings. The number of amides is 3. The summed E-state index contributed by atoms with van der Waals surface area (Å²) in [6, 6.07) is 24.3. The molecule has 13 heteroatoms. The third-order valence-corrected chi connectivity index (χ3v) is 7.93. The molecule has 0 saturated carbocycles. The monoisotopic (exact) mass is 716 g/mol. The van der Waals surface area contributed by atoms with Crippen LogP contribution in [-0.2, 0) is 22.4 Å². The molecular weight excluding hydrogens is 674 g/mol. The van der Waals surface area contributed by atoms with Crippen molar-refractivity contribution in [2.75, 3.05) is 19.0 Å². The first-order valence-corrected chi connectivity index (χ1v) is 16.3. The zero-order valence-electron chi connectivity index (χ0n) is 29.5. The third-order valence-electron chi connectivity index (χ3n) is 7.93. The lowest BCUT2D eigenvalue weighted by atomic mass is 9.94. The van der Waals surface area contributed by atoms with Crippen LogP contribution < -0.4 is 10.6 Å². The van der Waals surface area contributed by atoms with E-state index in [4.69, 9.17) is 9.47 Å². The number of nitrogens with zero attached hydrogens (tertiary/aromatic N) is 2. The minimum atomic E-state index is -2.10. The summed E-state index contributed by atoms with van der Waals surface area (Å²) in [7, 11) is 1.19. The fourth-order valence-electron chi connectivity index (χ4n) is 5.37. The van der Waals surface area contributed by atoms with Crippen LogP contribution in [0, 0.1) is 11.6 Å². The Balaban J connectivity index is 1.75. The predicted molar refractivity (Wildman–Crippen MR) is 191 cm³/mol. The van der Waals surface area contributed by atoms with E-state index in [-0.39, 0.29) is 34.6 Å². The average Bonchev–Trinajstić information content (AvgIpc) is 3.10. The number of rotatable bonds is 13. The van der Waals surface area contributed by atoms with Gasteiger partial charge in [-0.05, 0) is 81.3 Å². The Morgan fingerprint density at radius 1 is 0.827 bits per heavy atom. The molecular formula is C39H42F2N4O7. The van der Waals surface area contributed by atoms with Gasteiger partial charge in [-0.2, -0.15) is 0 Å². The first-order valence-electron chi connectivity index (χ1n) is 16.3. The molecule has 0 spiro atoms. The lowest BCUT2D eigenvalue weighted by molar-refractivity contribution is -0.125. The van der Waals surface area contributed by atoms with Crippen LogP contribution in [0.3, 0.4) is 0 Å². The average molecular weight is 717 g/mol. The van der Waals surface area contributed by atoms with E-state index < -0.39 is 59.9 Å². The van der Waals surface area contributed by atoms with Crippen LogP contribution in [-0.4, -0.2) is 69.9 Å². The highest BCUT2D eigenvalue weighted by Crippen LogP contribution is 2.26. The number of oxime groups is 1. The Bertz CT molecular complexity index is 1880. The molecule has 3 amide bonds. The zero-order valence-corrected chi connectivity index (χ0v) is 29.5. The fraction of sp³-hybridized carbons (Fsp3) is 0.282. The Morgan fingerprint density at radius 2 is 1.42 bits per heavy atom. The van der Waals surface area contributed by atoms with Crippen LogP contribution in [0.15, 0.2) is 102 Å². The van der Waals surface area contributed by atoms with E-state index in [1.54, 1.807) is 81.4 Å². The second-order valence-corrected chi connectivity index (χ2v) is 13.2. The van der Waals surface area contributed by atoms with Crippen LogP contribution in [0.2, 0.25) is 0 Å². The predicted octanol–water partition coefficient (Wildman–Crippen LogP) is 6.53. The van der Waals surface area contributed by atoms with Crippen molar-refractivity contribution in [1.82, 2.24) is 10.2 Å². The minimum absolute atomic E-state index is 0.00142. The normalized spacial score (nSPS) is 13.4. The summed E-state index contributed by atoms with van der Waals surface area (Å²) in [4.78, 5) is 41.8. The maximum Gasteiger partial charge on any atom is 0.410 e. The van der Waals surface area contributed by atoms with E-state index in [0.717, 1.165) is 12.1 Å². The molecule has 0 saturated heterocycles. The molecule has 0 heterocycles. The molecule has 52 heavy (non-hydrogen) atoms. The highest BCUT2D eigenvalue weighted by molar-refractivity contribution is 6.07. The van der Waals surface area contributed by atoms with Crippen molar-refractivity contribution in [2.45, 2.75) is 58.1 Å². The number of halogens is 2. The Hall–Kier alpha value is -5.66. The van der Waals surface area contributed by atoms with E-state index in [1.807, 2.05) is 0 Å². The van der Waals surface area contributed by atoms with E-state index in [2.05, 4.69) is 15.8 Å². The molecule has 4 rings (SSSR count). The van der Waals surface area contributed by atoms with E-state index in [0.29, 0.717) is 17.2 Å². The van der Waals surface area contributed by atoms with Gasteiger partial charge >= 0.3 is 6.09 Å². The third kappa shape index (κ3) is 10.7. The first-order chi connectivity index (χ1) is 24.6. The summed E-state index contributed by atoms with van der Waals surface area (Å²) in [5.74, 6) is -3.11. The summed E-state index contributed by atoms with van der Waals surface area (Å²) in [5, 5.41) is 30.1. The Kier molecular flexibility index (Phi) is 12.8. The van der Waals surface area contributed by atoms with Gasteiger partial charge < -0.3 is 35.3 Å². The highest BCUT2D eigenvalue weighted by Gasteiger charge is 2.42. The molecule has 0 bridgehead atoms. The van der Waals surface area contributed by atoms with Crippen molar-refractivity contribution < 1.29 is 43.0 Å². The van der Waals surface area contributed by atoms with Gasteiger partial charge in [0.05, 0.1) is 12.3 Å². The second-order valence-electron chi connectivity index (χ2n) is 13.2. The maximum atomic E-state index is 14.4. The summed E-state index contributed by atoms with van der Waals surface area (Å²) in [6.45, 7) is 6.10. The number of aliphatic hydroxyl groups excluding tert-OH is 1. The smallest absolute Gasteiger partial charge is 0.410 e. The number of ether oxygens (including phenoxy) is 2. The molecule has 0 aromatic heterocycles. The van der Waals surface area contributed by atoms with Crippen LogP contribution in [0.5, 0.6) is 0 Å². The highest BCUT2D eigenvalue weighted by atomic mass is 19.1. The van der Waals surface area contributed by atoms with Gasteiger partial charge in [-0.3, -0.25) is 9.59 Å². The van der Waals surface area contributed by atoms with Crippen molar-refractivity contribution in [3.8, 4) is 0 Å². The molecule has 0 aliphatic heterocycles. The van der Waals surface area contributed by atoms with Crippen molar-refractivity contribution in [3.05, 3.63) is 137 Å². The van der Waals surface area contributed by atoms with Crippen molar-refractivity contribution in [3.63, 3.8) is 0 Å². The van der Waals surface area contributed by atoms with Gasteiger partial charge in [0.2, 0.25) is 0 Å². The summed E-state index contributed by atoms with van der Waals surface area (Å²) in [5.41, 5.74) is -1.40. The lowest BCUT2D eigenvalue weighted by Gasteiger charge is -2.40. The summed E-state index contributed by atoms with van der Waals surface area (Å²) >= 11 is 0. The minimum Gasteiger partial charge on any atom is -0.444 e. The van der Waals surface area contributed by atoms with Gasteiger partial charge in [-0.25, -0.2) is 13.6 Å². The molecule has 0 unspecified atom stereocenters.